The summed E-state index contributed by atoms with van der Waals surface area (Å²) in [6, 6.07) is -0.0947. The van der Waals surface area contributed by atoms with Gasteiger partial charge in [0.1, 0.15) is 0 Å². The first-order valence-corrected chi connectivity index (χ1v) is 7.69. The number of rotatable bonds is 7. The summed E-state index contributed by atoms with van der Waals surface area (Å²) in [4.78, 5) is 23.4. The van der Waals surface area contributed by atoms with Crippen LogP contribution < -0.4 is 10.6 Å². The fourth-order valence-electron chi connectivity index (χ4n) is 2.51. The predicted molar refractivity (Wildman–Crippen MR) is 78.1 cm³/mol. The van der Waals surface area contributed by atoms with Crippen LogP contribution in [0.1, 0.15) is 52.4 Å². The minimum Gasteiger partial charge on any atom is -0.396 e. The number of hydrogen-bond acceptors (Lipinski definition) is 3. The lowest BCUT2D eigenvalue weighted by atomic mass is 9.87. The summed E-state index contributed by atoms with van der Waals surface area (Å²) < 4.78 is 0. The highest BCUT2D eigenvalue weighted by Crippen LogP contribution is 2.25. The summed E-state index contributed by atoms with van der Waals surface area (Å²) in [5, 5.41) is 14.5. The molecule has 1 rings (SSSR count). The van der Waals surface area contributed by atoms with Crippen LogP contribution in [0.5, 0.6) is 0 Å². The zero-order valence-corrected chi connectivity index (χ0v) is 12.7. The molecule has 2 amide bonds. The second-order valence-electron chi connectivity index (χ2n) is 6.00. The molecule has 0 spiro atoms. The standard InChI is InChI=1S/C15H28N2O3/c1-11(10-18)12(2)17-15(20)9-16-14(19)8-13-6-4-3-5-7-13/h11-13,18H,3-10H2,1-2H3,(H,16,19)(H,17,20). The normalized spacial score (nSPS) is 19.1. The molecule has 0 heterocycles. The summed E-state index contributed by atoms with van der Waals surface area (Å²) >= 11 is 0. The number of amides is 2. The summed E-state index contributed by atoms with van der Waals surface area (Å²) in [6.07, 6.45) is 6.51. The highest BCUT2D eigenvalue weighted by molar-refractivity contribution is 5.84. The number of carbonyl (C=O) groups is 2. The minimum atomic E-state index is -0.199. The molecular formula is C15H28N2O3. The van der Waals surface area contributed by atoms with Gasteiger partial charge in [-0.05, 0) is 31.6 Å². The van der Waals surface area contributed by atoms with Crippen molar-refractivity contribution in [1.82, 2.24) is 10.6 Å². The van der Waals surface area contributed by atoms with Gasteiger partial charge < -0.3 is 15.7 Å². The summed E-state index contributed by atoms with van der Waals surface area (Å²) in [6.45, 7) is 3.78. The third-order valence-corrected chi connectivity index (χ3v) is 4.18. The van der Waals surface area contributed by atoms with E-state index in [0.29, 0.717) is 12.3 Å². The van der Waals surface area contributed by atoms with Crippen molar-refractivity contribution in [2.45, 2.75) is 58.4 Å². The van der Waals surface area contributed by atoms with Crippen LogP contribution in [0.25, 0.3) is 0 Å². The Bertz CT molecular complexity index is 298. The fraction of sp³-hybridized carbons (Fsp3) is 0.867. The maximum atomic E-state index is 11.8. The van der Waals surface area contributed by atoms with Gasteiger partial charge in [0.05, 0.1) is 6.54 Å². The highest BCUT2D eigenvalue weighted by Gasteiger charge is 2.18. The molecule has 0 saturated heterocycles. The Balaban J connectivity index is 2.17. The average molecular weight is 284 g/mol. The first-order valence-electron chi connectivity index (χ1n) is 7.69. The van der Waals surface area contributed by atoms with Crippen molar-refractivity contribution in [1.29, 1.82) is 0 Å². The van der Waals surface area contributed by atoms with E-state index >= 15 is 0 Å². The van der Waals surface area contributed by atoms with E-state index in [1.165, 1.54) is 19.3 Å². The van der Waals surface area contributed by atoms with Crippen LogP contribution in [0.4, 0.5) is 0 Å². The number of aliphatic hydroxyl groups excluding tert-OH is 1. The summed E-state index contributed by atoms with van der Waals surface area (Å²) in [5.74, 6) is 0.266. The van der Waals surface area contributed by atoms with Gasteiger partial charge >= 0.3 is 0 Å². The lowest BCUT2D eigenvalue weighted by Crippen LogP contribution is -2.44. The van der Waals surface area contributed by atoms with Crippen molar-refractivity contribution >= 4 is 11.8 Å². The van der Waals surface area contributed by atoms with Crippen LogP contribution in [0.3, 0.4) is 0 Å². The summed E-state index contributed by atoms with van der Waals surface area (Å²) in [7, 11) is 0. The van der Waals surface area contributed by atoms with Gasteiger partial charge in [-0.2, -0.15) is 0 Å². The van der Waals surface area contributed by atoms with Gasteiger partial charge in [0.2, 0.25) is 11.8 Å². The molecule has 0 radical (unpaired) electrons. The van der Waals surface area contributed by atoms with Gasteiger partial charge in [-0.15, -0.1) is 0 Å². The molecule has 0 aromatic rings. The van der Waals surface area contributed by atoms with Crippen molar-refractivity contribution in [3.05, 3.63) is 0 Å². The maximum Gasteiger partial charge on any atom is 0.239 e. The van der Waals surface area contributed by atoms with Crippen LogP contribution in [0.2, 0.25) is 0 Å². The van der Waals surface area contributed by atoms with Crippen molar-refractivity contribution in [2.75, 3.05) is 13.2 Å². The van der Waals surface area contributed by atoms with E-state index in [1.807, 2.05) is 13.8 Å². The van der Waals surface area contributed by atoms with Crippen molar-refractivity contribution in [3.63, 3.8) is 0 Å². The quantitative estimate of drug-likeness (QED) is 0.657. The van der Waals surface area contributed by atoms with Crippen LogP contribution in [-0.2, 0) is 9.59 Å². The van der Waals surface area contributed by atoms with E-state index in [4.69, 9.17) is 5.11 Å². The van der Waals surface area contributed by atoms with Gasteiger partial charge in [0.15, 0.2) is 0 Å². The van der Waals surface area contributed by atoms with E-state index in [-0.39, 0.29) is 36.9 Å². The first kappa shape index (κ1) is 17.0. The molecule has 2 atom stereocenters. The monoisotopic (exact) mass is 284 g/mol. The van der Waals surface area contributed by atoms with Crippen LogP contribution >= 0.6 is 0 Å². The topological polar surface area (TPSA) is 78.4 Å². The Morgan fingerprint density at radius 3 is 2.40 bits per heavy atom. The Kier molecular flexibility index (Phi) is 7.59. The number of aliphatic hydroxyl groups is 1. The molecule has 0 aromatic heterocycles. The van der Waals surface area contributed by atoms with E-state index in [2.05, 4.69) is 10.6 Å². The molecule has 0 aromatic carbocycles. The van der Waals surface area contributed by atoms with E-state index in [0.717, 1.165) is 12.8 Å². The molecule has 20 heavy (non-hydrogen) atoms. The van der Waals surface area contributed by atoms with Gasteiger partial charge in [-0.25, -0.2) is 0 Å². The van der Waals surface area contributed by atoms with Gasteiger partial charge in [-0.3, -0.25) is 9.59 Å². The maximum absolute atomic E-state index is 11.8. The Morgan fingerprint density at radius 1 is 1.15 bits per heavy atom. The van der Waals surface area contributed by atoms with Gasteiger partial charge in [-0.1, -0.05) is 26.2 Å². The van der Waals surface area contributed by atoms with Crippen LogP contribution in [0.15, 0.2) is 0 Å². The van der Waals surface area contributed by atoms with Crippen LogP contribution in [-0.4, -0.2) is 36.1 Å². The Hall–Kier alpha value is -1.10. The predicted octanol–water partition coefficient (Wildman–Crippen LogP) is 1.21. The van der Waals surface area contributed by atoms with Gasteiger partial charge in [0.25, 0.3) is 0 Å². The van der Waals surface area contributed by atoms with Gasteiger partial charge in [0, 0.05) is 19.1 Å². The molecule has 3 N–H and O–H groups in total. The van der Waals surface area contributed by atoms with Crippen molar-refractivity contribution in [2.24, 2.45) is 11.8 Å². The van der Waals surface area contributed by atoms with Crippen LogP contribution in [0, 0.1) is 11.8 Å². The third kappa shape index (κ3) is 6.37. The number of nitrogens with one attached hydrogen (secondary N) is 2. The zero-order chi connectivity index (χ0) is 15.0. The van der Waals surface area contributed by atoms with E-state index < -0.39 is 0 Å². The lowest BCUT2D eigenvalue weighted by Gasteiger charge is -2.21. The first-order chi connectivity index (χ1) is 9.52. The molecule has 1 saturated carbocycles. The smallest absolute Gasteiger partial charge is 0.239 e. The van der Waals surface area contributed by atoms with Crippen molar-refractivity contribution in [3.8, 4) is 0 Å². The second kappa shape index (κ2) is 8.95. The molecule has 0 aliphatic heterocycles. The molecule has 2 unspecified atom stereocenters. The van der Waals surface area contributed by atoms with E-state index in [1.54, 1.807) is 0 Å². The Labute approximate surface area is 121 Å². The van der Waals surface area contributed by atoms with E-state index in [9.17, 15) is 9.59 Å². The minimum absolute atomic E-state index is 0.0110. The lowest BCUT2D eigenvalue weighted by molar-refractivity contribution is -0.127. The zero-order valence-electron chi connectivity index (χ0n) is 12.7. The summed E-state index contributed by atoms with van der Waals surface area (Å²) in [5.41, 5.74) is 0. The number of hydrogen-bond donors (Lipinski definition) is 3. The fourth-order valence-corrected chi connectivity index (χ4v) is 2.51. The highest BCUT2D eigenvalue weighted by atomic mass is 16.3. The molecule has 5 heteroatoms. The average Bonchev–Trinajstić information content (AvgIpc) is 2.45. The Morgan fingerprint density at radius 2 is 1.80 bits per heavy atom. The second-order valence-corrected chi connectivity index (χ2v) is 6.00. The SMILES string of the molecule is CC(CO)C(C)NC(=O)CNC(=O)CC1CCCCC1. The molecular weight excluding hydrogens is 256 g/mol. The largest absolute Gasteiger partial charge is 0.396 e. The molecule has 5 nitrogen and oxygen atoms in total. The third-order valence-electron chi connectivity index (χ3n) is 4.18. The molecule has 0 bridgehead atoms. The molecule has 1 aliphatic rings. The number of carbonyl (C=O) groups excluding carboxylic acids is 2. The molecule has 1 fully saturated rings. The molecule has 116 valence electrons. The van der Waals surface area contributed by atoms with Crippen molar-refractivity contribution < 1.29 is 14.7 Å². The molecule has 1 aliphatic carbocycles.